The molecule has 0 amide bonds. The van der Waals surface area contributed by atoms with E-state index in [1.165, 1.54) is 11.4 Å². The highest BCUT2D eigenvalue weighted by molar-refractivity contribution is 7.89. The van der Waals surface area contributed by atoms with Gasteiger partial charge in [0.1, 0.15) is 17.8 Å². The first-order valence-corrected chi connectivity index (χ1v) is 10.6. The molecule has 3 rings (SSSR count). The van der Waals surface area contributed by atoms with E-state index >= 15 is 0 Å². The highest BCUT2D eigenvalue weighted by Crippen LogP contribution is 2.32. The zero-order chi connectivity index (χ0) is 18.7. The topological polar surface area (TPSA) is 102 Å². The lowest BCUT2D eigenvalue weighted by atomic mass is 9.86. The van der Waals surface area contributed by atoms with Crippen LogP contribution in [0.5, 0.6) is 0 Å². The number of hydrogen-bond acceptors (Lipinski definition) is 6. The lowest BCUT2D eigenvalue weighted by Crippen LogP contribution is -2.39. The van der Waals surface area contributed by atoms with E-state index in [0.29, 0.717) is 6.04 Å². The van der Waals surface area contributed by atoms with Gasteiger partial charge in [-0.2, -0.15) is 0 Å². The summed E-state index contributed by atoms with van der Waals surface area (Å²) in [4.78, 5) is 14.0. The van der Waals surface area contributed by atoms with Gasteiger partial charge in [0.15, 0.2) is 0 Å². The number of aliphatic hydroxyl groups excluding tert-OH is 1. The van der Waals surface area contributed by atoms with Crippen molar-refractivity contribution in [3.63, 3.8) is 0 Å². The van der Waals surface area contributed by atoms with Gasteiger partial charge in [-0.3, -0.25) is 0 Å². The summed E-state index contributed by atoms with van der Waals surface area (Å²) < 4.78 is 25.9. The van der Waals surface area contributed by atoms with Crippen molar-refractivity contribution in [3.8, 4) is 0 Å². The largest absolute Gasteiger partial charge is 0.395 e. The molecule has 144 valence electrons. The molecule has 9 heteroatoms. The molecule has 0 radical (unpaired) electrons. The zero-order valence-corrected chi connectivity index (χ0v) is 16.1. The van der Waals surface area contributed by atoms with E-state index in [2.05, 4.69) is 19.9 Å². The smallest absolute Gasteiger partial charge is 0.214 e. The standard InChI is InChI=1S/C17H27N5O3S/c1-21(9-10-23)26(24,25)11-13-3-5-14(6-4-13)22(2)17-15-7-8-18-16(15)19-12-20-17/h7-8,12-14,23H,3-6,9-11H2,1-2H3,(H,18,19,20)/t13-,14-. The van der Waals surface area contributed by atoms with Crippen molar-refractivity contribution in [1.82, 2.24) is 19.3 Å². The fraction of sp³-hybridized carbons (Fsp3) is 0.647. The summed E-state index contributed by atoms with van der Waals surface area (Å²) >= 11 is 0. The molecule has 2 aromatic rings. The fourth-order valence-corrected chi connectivity index (χ4v) is 5.26. The Balaban J connectivity index is 1.61. The van der Waals surface area contributed by atoms with Gasteiger partial charge in [0.2, 0.25) is 10.0 Å². The van der Waals surface area contributed by atoms with Gasteiger partial charge in [-0.1, -0.05) is 0 Å². The van der Waals surface area contributed by atoms with Crippen LogP contribution in [0, 0.1) is 5.92 Å². The molecule has 0 aromatic carbocycles. The van der Waals surface area contributed by atoms with Crippen LogP contribution in [0.4, 0.5) is 5.82 Å². The summed E-state index contributed by atoms with van der Waals surface area (Å²) in [5.41, 5.74) is 0.827. The lowest BCUT2D eigenvalue weighted by Gasteiger charge is -2.35. The highest BCUT2D eigenvalue weighted by Gasteiger charge is 2.30. The Morgan fingerprint density at radius 1 is 1.23 bits per heavy atom. The molecule has 26 heavy (non-hydrogen) atoms. The molecule has 1 fully saturated rings. The first kappa shape index (κ1) is 19.1. The molecule has 0 aliphatic heterocycles. The number of sulfonamides is 1. The lowest BCUT2D eigenvalue weighted by molar-refractivity contribution is 0.265. The number of anilines is 1. The van der Waals surface area contributed by atoms with Crippen molar-refractivity contribution in [3.05, 3.63) is 18.6 Å². The van der Waals surface area contributed by atoms with Crippen LogP contribution in [0.25, 0.3) is 11.0 Å². The predicted octanol–water partition coefficient (Wildman–Crippen LogP) is 1.21. The minimum atomic E-state index is -3.30. The van der Waals surface area contributed by atoms with Crippen LogP contribution in [-0.2, 0) is 10.0 Å². The van der Waals surface area contributed by atoms with Gasteiger partial charge in [0.25, 0.3) is 0 Å². The number of nitrogens with zero attached hydrogens (tertiary/aromatic N) is 4. The predicted molar refractivity (Wildman–Crippen MR) is 102 cm³/mol. The number of likely N-dealkylation sites (N-methyl/N-ethyl adjacent to an activating group) is 1. The summed E-state index contributed by atoms with van der Waals surface area (Å²) in [6.45, 7) is 0.000610. The Bertz CT molecular complexity index is 830. The Morgan fingerprint density at radius 3 is 2.65 bits per heavy atom. The van der Waals surface area contributed by atoms with Gasteiger partial charge >= 0.3 is 0 Å². The van der Waals surface area contributed by atoms with Gasteiger partial charge < -0.3 is 15.0 Å². The van der Waals surface area contributed by atoms with Gasteiger partial charge in [0.05, 0.1) is 17.7 Å². The van der Waals surface area contributed by atoms with E-state index in [1.54, 1.807) is 6.33 Å². The Morgan fingerprint density at radius 2 is 1.96 bits per heavy atom. The van der Waals surface area contributed by atoms with Gasteiger partial charge in [0, 0.05) is 32.9 Å². The second-order valence-electron chi connectivity index (χ2n) is 7.05. The van der Waals surface area contributed by atoms with Crippen LogP contribution in [-0.4, -0.2) is 71.8 Å². The monoisotopic (exact) mass is 381 g/mol. The minimum Gasteiger partial charge on any atom is -0.395 e. The van der Waals surface area contributed by atoms with Crippen molar-refractivity contribution in [2.24, 2.45) is 5.92 Å². The van der Waals surface area contributed by atoms with E-state index in [-0.39, 0.29) is 24.8 Å². The average molecular weight is 382 g/mol. The maximum absolute atomic E-state index is 12.3. The molecule has 8 nitrogen and oxygen atoms in total. The van der Waals surface area contributed by atoms with Gasteiger partial charge in [-0.25, -0.2) is 22.7 Å². The van der Waals surface area contributed by atoms with Crippen LogP contribution >= 0.6 is 0 Å². The third-order valence-electron chi connectivity index (χ3n) is 5.37. The van der Waals surface area contributed by atoms with Crippen molar-refractivity contribution in [2.45, 2.75) is 31.7 Å². The summed E-state index contributed by atoms with van der Waals surface area (Å²) in [7, 11) is 0.279. The number of H-pyrrole nitrogens is 1. The first-order valence-electron chi connectivity index (χ1n) is 8.98. The molecular weight excluding hydrogens is 354 g/mol. The van der Waals surface area contributed by atoms with Crippen molar-refractivity contribution < 1.29 is 13.5 Å². The number of aliphatic hydroxyl groups is 1. The molecule has 0 spiro atoms. The van der Waals surface area contributed by atoms with Crippen LogP contribution in [0.1, 0.15) is 25.7 Å². The van der Waals surface area contributed by atoms with Crippen LogP contribution < -0.4 is 4.90 Å². The average Bonchev–Trinajstić information content (AvgIpc) is 3.10. The summed E-state index contributed by atoms with van der Waals surface area (Å²) in [5, 5.41) is 9.95. The van der Waals surface area contributed by atoms with E-state index in [0.717, 1.165) is 42.5 Å². The number of aromatic nitrogens is 3. The molecule has 1 saturated carbocycles. The quantitative estimate of drug-likeness (QED) is 0.747. The Hall–Kier alpha value is -1.71. The third kappa shape index (κ3) is 3.99. The second kappa shape index (κ2) is 7.89. The maximum atomic E-state index is 12.3. The number of fused-ring (bicyclic) bond motifs is 1. The van der Waals surface area contributed by atoms with Gasteiger partial charge in [-0.05, 0) is 37.7 Å². The van der Waals surface area contributed by atoms with Crippen LogP contribution in [0.3, 0.4) is 0 Å². The highest BCUT2D eigenvalue weighted by atomic mass is 32.2. The van der Waals surface area contributed by atoms with E-state index < -0.39 is 10.0 Å². The van der Waals surface area contributed by atoms with Crippen molar-refractivity contribution in [2.75, 3.05) is 37.9 Å². The molecule has 1 aliphatic rings. The van der Waals surface area contributed by atoms with E-state index in [4.69, 9.17) is 5.11 Å². The van der Waals surface area contributed by atoms with Crippen molar-refractivity contribution >= 4 is 26.9 Å². The normalized spacial score (nSPS) is 21.4. The Labute approximate surface area is 154 Å². The SMILES string of the molecule is CN(CCO)S(=O)(=O)C[C@H]1CC[C@H](N(C)c2ncnc3[nH]ccc23)CC1. The minimum absolute atomic E-state index is 0.153. The molecule has 0 saturated heterocycles. The molecule has 2 aromatic heterocycles. The fourth-order valence-electron chi connectivity index (χ4n) is 3.72. The molecule has 2 heterocycles. The summed E-state index contributed by atoms with van der Waals surface area (Å²) in [6, 6.07) is 2.33. The summed E-state index contributed by atoms with van der Waals surface area (Å²) in [6.07, 6.45) is 7.07. The van der Waals surface area contributed by atoms with Crippen LogP contribution in [0.2, 0.25) is 0 Å². The molecule has 1 aliphatic carbocycles. The van der Waals surface area contributed by atoms with Gasteiger partial charge in [-0.15, -0.1) is 0 Å². The van der Waals surface area contributed by atoms with E-state index in [9.17, 15) is 8.42 Å². The van der Waals surface area contributed by atoms with Crippen molar-refractivity contribution in [1.29, 1.82) is 0 Å². The first-order chi connectivity index (χ1) is 12.4. The summed E-state index contributed by atoms with van der Waals surface area (Å²) in [5.74, 6) is 1.24. The second-order valence-corrected chi connectivity index (χ2v) is 9.17. The molecular formula is C17H27N5O3S. The third-order valence-corrected chi connectivity index (χ3v) is 7.39. The zero-order valence-electron chi connectivity index (χ0n) is 15.3. The molecule has 0 bridgehead atoms. The molecule has 0 atom stereocenters. The number of rotatable bonds is 7. The number of aromatic amines is 1. The number of hydrogen-bond donors (Lipinski definition) is 2. The Kier molecular flexibility index (Phi) is 5.79. The number of nitrogens with one attached hydrogen (secondary N) is 1. The maximum Gasteiger partial charge on any atom is 0.214 e. The van der Waals surface area contributed by atoms with Crippen LogP contribution in [0.15, 0.2) is 18.6 Å². The van der Waals surface area contributed by atoms with E-state index in [1.807, 2.05) is 19.3 Å². The molecule has 2 N–H and O–H groups in total. The molecule has 0 unspecified atom stereocenters.